The maximum absolute atomic E-state index is 11.0. The van der Waals surface area contributed by atoms with Gasteiger partial charge in [0.2, 0.25) is 0 Å². The lowest BCUT2D eigenvalue weighted by atomic mass is 10.1. The molecule has 2 N–H and O–H groups in total. The van der Waals surface area contributed by atoms with Crippen LogP contribution in [0.1, 0.15) is 27.2 Å². The number of hydrogen-bond acceptors (Lipinski definition) is 5. The first-order valence-electron chi connectivity index (χ1n) is 5.96. The summed E-state index contributed by atoms with van der Waals surface area (Å²) in [4.78, 5) is 15.2. The summed E-state index contributed by atoms with van der Waals surface area (Å²) in [7, 11) is 0. The molecule has 0 saturated carbocycles. The Hall–Kier alpha value is -3.38. The van der Waals surface area contributed by atoms with Gasteiger partial charge in [-0.1, -0.05) is 0 Å². The molecule has 0 saturated heterocycles. The van der Waals surface area contributed by atoms with E-state index in [1.807, 2.05) is 12.1 Å². The summed E-state index contributed by atoms with van der Waals surface area (Å²) in [5.41, 5.74) is 1.77. The summed E-state index contributed by atoms with van der Waals surface area (Å²) in [6, 6.07) is 11.4. The Labute approximate surface area is 120 Å². The lowest BCUT2D eigenvalue weighted by molar-refractivity contribution is 0.0696. The standard InChI is InChI=1S/C15H10N4O2/c1-9-4-11(15(20)21)6-14(18-9)19-13-3-2-10(7-16)12(5-13)8-17/h2-6H,1H3,(H,18,19)(H,20,21). The number of carboxylic acid groups (broad SMARTS) is 1. The first-order valence-corrected chi connectivity index (χ1v) is 5.96. The molecule has 102 valence electrons. The van der Waals surface area contributed by atoms with Gasteiger partial charge < -0.3 is 10.4 Å². The van der Waals surface area contributed by atoms with Crippen molar-refractivity contribution in [3.8, 4) is 12.1 Å². The van der Waals surface area contributed by atoms with Crippen molar-refractivity contribution in [2.24, 2.45) is 0 Å². The maximum Gasteiger partial charge on any atom is 0.335 e. The number of aryl methyl sites for hydroxylation is 1. The number of carboxylic acids is 1. The van der Waals surface area contributed by atoms with Crippen LogP contribution in [0.15, 0.2) is 30.3 Å². The fraction of sp³-hybridized carbons (Fsp3) is 0.0667. The van der Waals surface area contributed by atoms with Crippen LogP contribution >= 0.6 is 0 Å². The number of anilines is 2. The molecule has 0 atom stereocenters. The predicted molar refractivity (Wildman–Crippen MR) is 75.1 cm³/mol. The highest BCUT2D eigenvalue weighted by Gasteiger charge is 2.08. The second-order valence-electron chi connectivity index (χ2n) is 4.30. The number of rotatable bonds is 3. The zero-order valence-corrected chi connectivity index (χ0v) is 11.1. The predicted octanol–water partition coefficient (Wildman–Crippen LogP) is 2.58. The second-order valence-corrected chi connectivity index (χ2v) is 4.30. The van der Waals surface area contributed by atoms with E-state index in [9.17, 15) is 4.79 Å². The minimum absolute atomic E-state index is 0.124. The average molecular weight is 278 g/mol. The normalized spacial score (nSPS) is 9.48. The Kier molecular flexibility index (Phi) is 3.83. The summed E-state index contributed by atoms with van der Waals surface area (Å²) < 4.78 is 0. The molecule has 6 heteroatoms. The van der Waals surface area contributed by atoms with E-state index in [0.717, 1.165) is 0 Å². The van der Waals surface area contributed by atoms with Crippen molar-refractivity contribution in [2.75, 3.05) is 5.32 Å². The van der Waals surface area contributed by atoms with Gasteiger partial charge in [0.05, 0.1) is 16.7 Å². The molecule has 1 heterocycles. The van der Waals surface area contributed by atoms with Crippen LogP contribution < -0.4 is 5.32 Å². The highest BCUT2D eigenvalue weighted by atomic mass is 16.4. The Bertz CT molecular complexity index is 800. The third kappa shape index (κ3) is 3.14. The number of nitriles is 2. The fourth-order valence-corrected chi connectivity index (χ4v) is 1.82. The molecule has 0 aliphatic rings. The van der Waals surface area contributed by atoms with Crippen molar-refractivity contribution >= 4 is 17.5 Å². The van der Waals surface area contributed by atoms with Crippen LogP contribution in [0.25, 0.3) is 0 Å². The number of aromatic carboxylic acids is 1. The van der Waals surface area contributed by atoms with Crippen LogP contribution in [0.3, 0.4) is 0 Å². The van der Waals surface area contributed by atoms with Crippen molar-refractivity contribution in [1.29, 1.82) is 10.5 Å². The van der Waals surface area contributed by atoms with E-state index in [4.69, 9.17) is 15.6 Å². The molecule has 0 fully saturated rings. The largest absolute Gasteiger partial charge is 0.478 e. The highest BCUT2D eigenvalue weighted by Crippen LogP contribution is 2.20. The Balaban J connectivity index is 2.37. The van der Waals surface area contributed by atoms with Gasteiger partial charge in [0.1, 0.15) is 18.0 Å². The van der Waals surface area contributed by atoms with E-state index in [1.165, 1.54) is 24.3 Å². The number of pyridine rings is 1. The third-order valence-electron chi connectivity index (χ3n) is 2.73. The molecule has 1 aromatic carbocycles. The molecule has 2 aromatic rings. The third-order valence-corrected chi connectivity index (χ3v) is 2.73. The number of carbonyl (C=O) groups is 1. The topological polar surface area (TPSA) is 110 Å². The van der Waals surface area contributed by atoms with E-state index in [-0.39, 0.29) is 16.7 Å². The molecular weight excluding hydrogens is 268 g/mol. The Morgan fingerprint density at radius 2 is 1.90 bits per heavy atom. The molecule has 0 aliphatic heterocycles. The van der Waals surface area contributed by atoms with Gasteiger partial charge in [-0.2, -0.15) is 10.5 Å². The van der Waals surface area contributed by atoms with E-state index in [1.54, 1.807) is 13.0 Å². The average Bonchev–Trinajstić information content (AvgIpc) is 2.46. The number of aromatic nitrogens is 1. The van der Waals surface area contributed by atoms with Gasteiger partial charge in [0.15, 0.2) is 0 Å². The van der Waals surface area contributed by atoms with Crippen molar-refractivity contribution in [1.82, 2.24) is 4.98 Å². The molecule has 2 rings (SSSR count). The lowest BCUT2D eigenvalue weighted by Gasteiger charge is -2.08. The Morgan fingerprint density at radius 3 is 2.52 bits per heavy atom. The fourth-order valence-electron chi connectivity index (χ4n) is 1.82. The SMILES string of the molecule is Cc1cc(C(=O)O)cc(Nc2ccc(C#N)c(C#N)c2)n1. The molecule has 0 unspecified atom stereocenters. The van der Waals surface area contributed by atoms with Crippen molar-refractivity contribution in [3.05, 3.63) is 52.7 Å². The molecule has 6 nitrogen and oxygen atoms in total. The number of nitrogens with one attached hydrogen (secondary N) is 1. The van der Waals surface area contributed by atoms with Crippen molar-refractivity contribution < 1.29 is 9.90 Å². The van der Waals surface area contributed by atoms with E-state index >= 15 is 0 Å². The summed E-state index contributed by atoms with van der Waals surface area (Å²) >= 11 is 0. The number of nitrogens with zero attached hydrogens (tertiary/aromatic N) is 3. The molecular formula is C15H10N4O2. The van der Waals surface area contributed by atoms with Crippen LogP contribution in [0, 0.1) is 29.6 Å². The number of benzene rings is 1. The van der Waals surface area contributed by atoms with Crippen molar-refractivity contribution in [2.45, 2.75) is 6.92 Å². The van der Waals surface area contributed by atoms with E-state index in [2.05, 4.69) is 10.3 Å². The molecule has 0 bridgehead atoms. The zero-order chi connectivity index (χ0) is 15.4. The van der Waals surface area contributed by atoms with Crippen LogP contribution in [-0.2, 0) is 0 Å². The van der Waals surface area contributed by atoms with E-state index in [0.29, 0.717) is 17.2 Å². The first-order chi connectivity index (χ1) is 10.0. The molecule has 21 heavy (non-hydrogen) atoms. The van der Waals surface area contributed by atoms with Gasteiger partial charge in [0.25, 0.3) is 0 Å². The molecule has 0 spiro atoms. The monoisotopic (exact) mass is 278 g/mol. The van der Waals surface area contributed by atoms with Crippen LogP contribution in [0.5, 0.6) is 0 Å². The summed E-state index contributed by atoms with van der Waals surface area (Å²) in [6.07, 6.45) is 0. The summed E-state index contributed by atoms with van der Waals surface area (Å²) in [5.74, 6) is -0.679. The van der Waals surface area contributed by atoms with Gasteiger partial charge in [-0.3, -0.25) is 0 Å². The molecule has 0 amide bonds. The maximum atomic E-state index is 11.0. The van der Waals surface area contributed by atoms with Crippen molar-refractivity contribution in [3.63, 3.8) is 0 Å². The van der Waals surface area contributed by atoms with Gasteiger partial charge in [-0.15, -0.1) is 0 Å². The smallest absolute Gasteiger partial charge is 0.335 e. The zero-order valence-electron chi connectivity index (χ0n) is 11.1. The minimum Gasteiger partial charge on any atom is -0.478 e. The van der Waals surface area contributed by atoms with Gasteiger partial charge >= 0.3 is 5.97 Å². The van der Waals surface area contributed by atoms with Gasteiger partial charge in [-0.05, 0) is 37.3 Å². The van der Waals surface area contributed by atoms with E-state index < -0.39 is 5.97 Å². The quantitative estimate of drug-likeness (QED) is 0.892. The summed E-state index contributed by atoms with van der Waals surface area (Å²) in [6.45, 7) is 1.69. The minimum atomic E-state index is -1.04. The number of hydrogen-bond donors (Lipinski definition) is 2. The van der Waals surface area contributed by atoms with Gasteiger partial charge in [-0.25, -0.2) is 9.78 Å². The highest BCUT2D eigenvalue weighted by molar-refractivity contribution is 5.88. The van der Waals surface area contributed by atoms with Crippen LogP contribution in [0.4, 0.5) is 11.5 Å². The summed E-state index contributed by atoms with van der Waals surface area (Å²) in [5, 5.41) is 29.8. The molecule has 1 aromatic heterocycles. The lowest BCUT2D eigenvalue weighted by Crippen LogP contribution is -2.02. The van der Waals surface area contributed by atoms with Gasteiger partial charge in [0, 0.05) is 11.4 Å². The first kappa shape index (κ1) is 14.0. The molecule has 0 radical (unpaired) electrons. The van der Waals surface area contributed by atoms with Crippen LogP contribution in [-0.4, -0.2) is 16.1 Å². The molecule has 0 aliphatic carbocycles. The second kappa shape index (κ2) is 5.72. The van der Waals surface area contributed by atoms with Crippen LogP contribution in [0.2, 0.25) is 0 Å². The Morgan fingerprint density at radius 1 is 1.19 bits per heavy atom.